The maximum Gasteiger partial charge on any atom is 0.161 e. The summed E-state index contributed by atoms with van der Waals surface area (Å²) in [5.74, 6) is -0.0280. The normalized spacial score (nSPS) is 15.4. The zero-order chi connectivity index (χ0) is 15.1. The quantitative estimate of drug-likeness (QED) is 0.705. The molecule has 2 aromatic carbocycles. The molecule has 0 radical (unpaired) electrons. The smallest absolute Gasteiger partial charge is 0.161 e. The molecule has 1 atom stereocenters. The van der Waals surface area contributed by atoms with Crippen LogP contribution < -0.4 is 0 Å². The largest absolute Gasteiger partial charge is 0.504 e. The molecule has 0 saturated heterocycles. The Morgan fingerprint density at radius 3 is 2.45 bits per heavy atom. The Labute approximate surface area is 128 Å². The van der Waals surface area contributed by atoms with E-state index in [1.54, 1.807) is 18.5 Å². The molecular formula is C19H15NO2. The first-order valence-corrected chi connectivity index (χ1v) is 7.28. The average molecular weight is 289 g/mol. The van der Waals surface area contributed by atoms with E-state index in [-0.39, 0.29) is 17.4 Å². The highest BCUT2D eigenvalue weighted by atomic mass is 16.3. The van der Waals surface area contributed by atoms with Crippen molar-refractivity contribution in [2.24, 2.45) is 0 Å². The van der Waals surface area contributed by atoms with Gasteiger partial charge >= 0.3 is 0 Å². The molecule has 2 N–H and O–H groups in total. The van der Waals surface area contributed by atoms with Crippen molar-refractivity contribution < 1.29 is 10.2 Å². The first kappa shape index (κ1) is 12.9. The molecule has 3 nitrogen and oxygen atoms in total. The van der Waals surface area contributed by atoms with Gasteiger partial charge in [0.05, 0.1) is 0 Å². The summed E-state index contributed by atoms with van der Waals surface area (Å²) in [5.41, 5.74) is 5.30. The maximum atomic E-state index is 10.4. The highest BCUT2D eigenvalue weighted by Gasteiger charge is 2.32. The predicted molar refractivity (Wildman–Crippen MR) is 85.0 cm³/mol. The summed E-state index contributed by atoms with van der Waals surface area (Å²) in [6, 6.07) is 15.6. The first-order chi connectivity index (χ1) is 10.8. The van der Waals surface area contributed by atoms with Gasteiger partial charge in [-0.15, -0.1) is 0 Å². The van der Waals surface area contributed by atoms with Crippen molar-refractivity contribution in [3.63, 3.8) is 0 Å². The number of aromatic nitrogens is 1. The number of hydrogen-bond donors (Lipinski definition) is 2. The minimum atomic E-state index is -0.0636. The second kappa shape index (κ2) is 4.88. The van der Waals surface area contributed by atoms with Crippen molar-refractivity contribution in [3.8, 4) is 22.6 Å². The van der Waals surface area contributed by atoms with Crippen LogP contribution in [0.5, 0.6) is 11.5 Å². The third-order valence-electron chi connectivity index (χ3n) is 4.36. The summed E-state index contributed by atoms with van der Waals surface area (Å²) in [4.78, 5) is 4.05. The Morgan fingerprint density at radius 2 is 1.64 bits per heavy atom. The van der Waals surface area contributed by atoms with Crippen molar-refractivity contribution in [2.45, 2.75) is 12.3 Å². The number of benzene rings is 2. The standard InChI is InChI=1S/C19H15NO2/c21-17-6-5-15-13-3-1-2-4-14(13)16(18(15)19(17)22)11-12-7-9-20-10-8-12/h1-10,16,21-22H,11H2. The van der Waals surface area contributed by atoms with Crippen molar-refractivity contribution in [3.05, 3.63) is 77.6 Å². The first-order valence-electron chi connectivity index (χ1n) is 7.28. The molecule has 4 rings (SSSR count). The number of pyridine rings is 1. The fourth-order valence-corrected chi connectivity index (χ4v) is 3.35. The highest BCUT2D eigenvalue weighted by molar-refractivity contribution is 5.82. The van der Waals surface area contributed by atoms with E-state index in [9.17, 15) is 10.2 Å². The Morgan fingerprint density at radius 1 is 0.864 bits per heavy atom. The molecule has 1 aliphatic carbocycles. The van der Waals surface area contributed by atoms with Gasteiger partial charge in [0.25, 0.3) is 0 Å². The molecular weight excluding hydrogens is 274 g/mol. The monoisotopic (exact) mass is 289 g/mol. The van der Waals surface area contributed by atoms with Gasteiger partial charge in [-0.1, -0.05) is 30.3 Å². The van der Waals surface area contributed by atoms with Crippen LogP contribution in [0.1, 0.15) is 22.6 Å². The molecule has 108 valence electrons. The van der Waals surface area contributed by atoms with Crippen LogP contribution in [0.4, 0.5) is 0 Å². The lowest BCUT2D eigenvalue weighted by Crippen LogP contribution is -2.02. The van der Waals surface area contributed by atoms with Crippen molar-refractivity contribution in [1.29, 1.82) is 0 Å². The number of phenols is 2. The van der Waals surface area contributed by atoms with Crippen LogP contribution >= 0.6 is 0 Å². The Kier molecular flexibility index (Phi) is 2.86. The van der Waals surface area contributed by atoms with Gasteiger partial charge in [-0.05, 0) is 46.9 Å². The van der Waals surface area contributed by atoms with Crippen molar-refractivity contribution >= 4 is 0 Å². The summed E-state index contributed by atoms with van der Waals surface area (Å²) in [6.45, 7) is 0. The lowest BCUT2D eigenvalue weighted by Gasteiger charge is -2.15. The summed E-state index contributed by atoms with van der Waals surface area (Å²) in [7, 11) is 0. The third kappa shape index (κ3) is 1.86. The molecule has 0 fully saturated rings. The molecule has 22 heavy (non-hydrogen) atoms. The molecule has 3 heteroatoms. The summed E-state index contributed by atoms with van der Waals surface area (Å²) >= 11 is 0. The molecule has 1 unspecified atom stereocenters. The van der Waals surface area contributed by atoms with Gasteiger partial charge < -0.3 is 10.2 Å². The van der Waals surface area contributed by atoms with E-state index in [0.717, 1.165) is 28.7 Å². The van der Waals surface area contributed by atoms with E-state index in [2.05, 4.69) is 17.1 Å². The number of aromatic hydroxyl groups is 2. The van der Waals surface area contributed by atoms with Gasteiger partial charge in [-0.3, -0.25) is 4.98 Å². The van der Waals surface area contributed by atoms with Gasteiger partial charge in [0.2, 0.25) is 0 Å². The molecule has 0 bridgehead atoms. The van der Waals surface area contributed by atoms with E-state index >= 15 is 0 Å². The minimum Gasteiger partial charge on any atom is -0.504 e. The fraction of sp³-hybridized carbons (Fsp3) is 0.105. The SMILES string of the molecule is Oc1ccc2c(c1O)C(Cc1ccncc1)c1ccccc1-2. The van der Waals surface area contributed by atoms with Crippen LogP contribution in [0.2, 0.25) is 0 Å². The van der Waals surface area contributed by atoms with Gasteiger partial charge in [-0.25, -0.2) is 0 Å². The van der Waals surface area contributed by atoms with Gasteiger partial charge in [0, 0.05) is 23.9 Å². The Bertz CT molecular complexity index is 843. The topological polar surface area (TPSA) is 53.4 Å². The van der Waals surface area contributed by atoms with E-state index < -0.39 is 0 Å². The van der Waals surface area contributed by atoms with Gasteiger partial charge in [0.1, 0.15) is 0 Å². The second-order valence-corrected chi connectivity index (χ2v) is 5.59. The van der Waals surface area contributed by atoms with E-state index in [4.69, 9.17) is 0 Å². The van der Waals surface area contributed by atoms with Gasteiger partial charge in [-0.2, -0.15) is 0 Å². The summed E-state index contributed by atoms with van der Waals surface area (Å²) in [6.07, 6.45) is 4.32. The Balaban J connectivity index is 1.90. The number of phenolic OH excluding ortho intramolecular Hbond substituents is 2. The average Bonchev–Trinajstić information content (AvgIpc) is 2.87. The van der Waals surface area contributed by atoms with E-state index in [1.807, 2.05) is 30.3 Å². The predicted octanol–water partition coefficient (Wildman–Crippen LogP) is 3.85. The number of nitrogens with zero attached hydrogens (tertiary/aromatic N) is 1. The van der Waals surface area contributed by atoms with Crippen LogP contribution in [-0.2, 0) is 6.42 Å². The van der Waals surface area contributed by atoms with Crippen LogP contribution in [0.15, 0.2) is 60.9 Å². The third-order valence-corrected chi connectivity index (χ3v) is 4.36. The molecule has 0 amide bonds. The molecule has 0 spiro atoms. The van der Waals surface area contributed by atoms with Gasteiger partial charge in [0.15, 0.2) is 11.5 Å². The summed E-state index contributed by atoms with van der Waals surface area (Å²) < 4.78 is 0. The van der Waals surface area contributed by atoms with Crippen molar-refractivity contribution in [2.75, 3.05) is 0 Å². The minimum absolute atomic E-state index is 0.00671. The van der Waals surface area contributed by atoms with Crippen LogP contribution in [0.25, 0.3) is 11.1 Å². The molecule has 0 aliphatic heterocycles. The van der Waals surface area contributed by atoms with Crippen molar-refractivity contribution in [1.82, 2.24) is 4.98 Å². The van der Waals surface area contributed by atoms with E-state index in [1.165, 1.54) is 5.56 Å². The van der Waals surface area contributed by atoms with Crippen LogP contribution in [0.3, 0.4) is 0 Å². The van der Waals surface area contributed by atoms with Crippen LogP contribution in [-0.4, -0.2) is 15.2 Å². The molecule has 1 heterocycles. The number of rotatable bonds is 2. The zero-order valence-electron chi connectivity index (χ0n) is 11.9. The molecule has 1 aliphatic rings. The fourth-order valence-electron chi connectivity index (χ4n) is 3.35. The highest BCUT2D eigenvalue weighted by Crippen LogP contribution is 2.51. The number of fused-ring (bicyclic) bond motifs is 3. The number of hydrogen-bond acceptors (Lipinski definition) is 3. The molecule has 3 aromatic rings. The lowest BCUT2D eigenvalue weighted by molar-refractivity contribution is 0.398. The molecule has 0 saturated carbocycles. The Hall–Kier alpha value is -2.81. The second-order valence-electron chi connectivity index (χ2n) is 5.59. The lowest BCUT2D eigenvalue weighted by atomic mass is 9.90. The summed E-state index contributed by atoms with van der Waals surface area (Å²) in [5, 5.41) is 20.3. The maximum absolute atomic E-state index is 10.4. The van der Waals surface area contributed by atoms with Crippen LogP contribution in [0, 0.1) is 0 Å². The zero-order valence-corrected chi connectivity index (χ0v) is 11.9. The van der Waals surface area contributed by atoms with E-state index in [0.29, 0.717) is 0 Å². The molecule has 1 aromatic heterocycles.